The number of rotatable bonds is 4. The van der Waals surface area contributed by atoms with Crippen LogP contribution >= 0.6 is 0 Å². The van der Waals surface area contributed by atoms with Gasteiger partial charge in [-0.3, -0.25) is 4.79 Å². The highest BCUT2D eigenvalue weighted by atomic mass is 16.5. The fourth-order valence-electron chi connectivity index (χ4n) is 2.54. The third kappa shape index (κ3) is 2.44. The van der Waals surface area contributed by atoms with E-state index < -0.39 is 0 Å². The van der Waals surface area contributed by atoms with E-state index in [0.29, 0.717) is 35.8 Å². The van der Waals surface area contributed by atoms with Crippen LogP contribution in [0.15, 0.2) is 36.4 Å². The van der Waals surface area contributed by atoms with Gasteiger partial charge in [-0.05, 0) is 42.8 Å². The van der Waals surface area contributed by atoms with E-state index in [1.165, 1.54) is 0 Å². The maximum absolute atomic E-state index is 12.8. The van der Waals surface area contributed by atoms with Crippen molar-refractivity contribution in [3.63, 3.8) is 0 Å². The molecule has 0 amide bonds. The summed E-state index contributed by atoms with van der Waals surface area (Å²) in [4.78, 5) is 12.8. The first-order valence-electron chi connectivity index (χ1n) is 7.02. The number of anilines is 1. The molecule has 4 heteroatoms. The number of hydrogen-bond acceptors (Lipinski definition) is 4. The molecule has 21 heavy (non-hydrogen) atoms. The van der Waals surface area contributed by atoms with Gasteiger partial charge in [0.15, 0.2) is 5.78 Å². The van der Waals surface area contributed by atoms with E-state index in [0.717, 1.165) is 17.7 Å². The first kappa shape index (κ1) is 13.5. The molecule has 0 atom stereocenters. The number of ether oxygens (including phenoxy) is 2. The average molecular weight is 283 g/mol. The Balaban J connectivity index is 2.02. The smallest absolute Gasteiger partial charge is 0.198 e. The summed E-state index contributed by atoms with van der Waals surface area (Å²) in [5.41, 5.74) is 8.51. The van der Waals surface area contributed by atoms with Gasteiger partial charge in [0.1, 0.15) is 11.5 Å². The SMILES string of the molecule is CCOc1cccc(N)c1C(=O)c1ccc2c(c1)CCO2. The lowest BCUT2D eigenvalue weighted by Crippen LogP contribution is -2.09. The molecule has 0 saturated carbocycles. The molecular weight excluding hydrogens is 266 g/mol. The Bertz CT molecular complexity index is 694. The molecule has 0 saturated heterocycles. The summed E-state index contributed by atoms with van der Waals surface area (Å²) in [5, 5.41) is 0. The molecule has 0 aromatic heterocycles. The van der Waals surface area contributed by atoms with Gasteiger partial charge >= 0.3 is 0 Å². The molecule has 2 aromatic carbocycles. The summed E-state index contributed by atoms with van der Waals surface area (Å²) in [7, 11) is 0. The van der Waals surface area contributed by atoms with Gasteiger partial charge in [-0.15, -0.1) is 0 Å². The van der Waals surface area contributed by atoms with Crippen LogP contribution in [-0.2, 0) is 6.42 Å². The van der Waals surface area contributed by atoms with Crippen LogP contribution in [-0.4, -0.2) is 19.0 Å². The molecule has 1 aliphatic rings. The molecule has 0 aliphatic carbocycles. The molecule has 2 N–H and O–H groups in total. The lowest BCUT2D eigenvalue weighted by atomic mass is 9.98. The molecule has 0 bridgehead atoms. The average Bonchev–Trinajstić information content (AvgIpc) is 2.94. The monoisotopic (exact) mass is 283 g/mol. The van der Waals surface area contributed by atoms with E-state index in [2.05, 4.69) is 0 Å². The van der Waals surface area contributed by atoms with Crippen LogP contribution in [0.3, 0.4) is 0 Å². The maximum atomic E-state index is 12.8. The molecule has 1 aliphatic heterocycles. The zero-order valence-corrected chi connectivity index (χ0v) is 11.9. The highest BCUT2D eigenvalue weighted by molar-refractivity contribution is 6.14. The van der Waals surface area contributed by atoms with Crippen molar-refractivity contribution in [1.82, 2.24) is 0 Å². The van der Waals surface area contributed by atoms with Crippen molar-refractivity contribution in [3.05, 3.63) is 53.1 Å². The zero-order valence-electron chi connectivity index (χ0n) is 11.9. The normalized spacial score (nSPS) is 12.6. The summed E-state index contributed by atoms with van der Waals surface area (Å²) in [6.07, 6.45) is 0.832. The molecule has 2 aromatic rings. The van der Waals surface area contributed by atoms with E-state index in [4.69, 9.17) is 15.2 Å². The summed E-state index contributed by atoms with van der Waals surface area (Å²) < 4.78 is 11.0. The minimum atomic E-state index is -0.119. The largest absolute Gasteiger partial charge is 0.493 e. The van der Waals surface area contributed by atoms with Crippen LogP contribution in [0.5, 0.6) is 11.5 Å². The molecular formula is C17H17NO3. The van der Waals surface area contributed by atoms with Gasteiger partial charge in [-0.2, -0.15) is 0 Å². The summed E-state index contributed by atoms with van der Waals surface area (Å²) in [6.45, 7) is 3.04. The second kappa shape index (κ2) is 5.48. The minimum Gasteiger partial charge on any atom is -0.493 e. The first-order valence-corrected chi connectivity index (χ1v) is 7.02. The van der Waals surface area contributed by atoms with Crippen LogP contribution in [0.2, 0.25) is 0 Å². The van der Waals surface area contributed by atoms with Gasteiger partial charge in [0.25, 0.3) is 0 Å². The Morgan fingerprint density at radius 1 is 1.33 bits per heavy atom. The fraction of sp³-hybridized carbons (Fsp3) is 0.235. The van der Waals surface area contributed by atoms with Gasteiger partial charge < -0.3 is 15.2 Å². The van der Waals surface area contributed by atoms with Crippen molar-refractivity contribution < 1.29 is 14.3 Å². The molecule has 1 heterocycles. The summed E-state index contributed by atoms with van der Waals surface area (Å²) >= 11 is 0. The van der Waals surface area contributed by atoms with Gasteiger partial charge in [-0.25, -0.2) is 0 Å². The van der Waals surface area contributed by atoms with Crippen molar-refractivity contribution in [2.45, 2.75) is 13.3 Å². The van der Waals surface area contributed by atoms with Crippen molar-refractivity contribution in [2.75, 3.05) is 18.9 Å². The highest BCUT2D eigenvalue weighted by Gasteiger charge is 2.20. The number of nitrogen functional groups attached to an aromatic ring is 1. The van der Waals surface area contributed by atoms with Gasteiger partial charge in [-0.1, -0.05) is 6.07 Å². The van der Waals surface area contributed by atoms with Crippen molar-refractivity contribution in [2.24, 2.45) is 0 Å². The Morgan fingerprint density at radius 3 is 3.00 bits per heavy atom. The molecule has 3 rings (SSSR count). The molecule has 0 fully saturated rings. The van der Waals surface area contributed by atoms with Gasteiger partial charge in [0.05, 0.1) is 18.8 Å². The fourth-order valence-corrected chi connectivity index (χ4v) is 2.54. The number of benzene rings is 2. The number of ketones is 1. The van der Waals surface area contributed by atoms with E-state index in [1.54, 1.807) is 24.3 Å². The number of carbonyl (C=O) groups excluding carboxylic acids is 1. The molecule has 4 nitrogen and oxygen atoms in total. The van der Waals surface area contributed by atoms with E-state index in [1.807, 2.05) is 19.1 Å². The lowest BCUT2D eigenvalue weighted by molar-refractivity contribution is 0.103. The summed E-state index contributed by atoms with van der Waals surface area (Å²) in [5.74, 6) is 1.27. The third-order valence-corrected chi connectivity index (χ3v) is 3.54. The Kier molecular flexibility index (Phi) is 3.52. The Morgan fingerprint density at radius 2 is 2.19 bits per heavy atom. The van der Waals surface area contributed by atoms with E-state index in [9.17, 15) is 4.79 Å². The van der Waals surface area contributed by atoms with Crippen LogP contribution in [0.1, 0.15) is 28.4 Å². The van der Waals surface area contributed by atoms with Crippen molar-refractivity contribution in [3.8, 4) is 11.5 Å². The van der Waals surface area contributed by atoms with Gasteiger partial charge in [0, 0.05) is 17.7 Å². The van der Waals surface area contributed by atoms with Crippen LogP contribution in [0, 0.1) is 0 Å². The van der Waals surface area contributed by atoms with E-state index >= 15 is 0 Å². The molecule has 108 valence electrons. The third-order valence-electron chi connectivity index (χ3n) is 3.54. The Hall–Kier alpha value is -2.49. The first-order chi connectivity index (χ1) is 10.2. The van der Waals surface area contributed by atoms with Crippen molar-refractivity contribution >= 4 is 11.5 Å². The van der Waals surface area contributed by atoms with Crippen LogP contribution in [0.4, 0.5) is 5.69 Å². The molecule has 0 unspecified atom stereocenters. The van der Waals surface area contributed by atoms with Crippen molar-refractivity contribution in [1.29, 1.82) is 0 Å². The predicted octanol–water partition coefficient (Wildman–Crippen LogP) is 2.83. The minimum absolute atomic E-state index is 0.119. The number of carbonyl (C=O) groups is 1. The van der Waals surface area contributed by atoms with Crippen LogP contribution in [0.25, 0.3) is 0 Å². The highest BCUT2D eigenvalue weighted by Crippen LogP contribution is 2.30. The van der Waals surface area contributed by atoms with E-state index in [-0.39, 0.29) is 5.78 Å². The quantitative estimate of drug-likeness (QED) is 0.692. The standard InChI is InChI=1S/C17H17NO3/c1-2-20-15-5-3-4-13(18)16(15)17(19)12-6-7-14-11(10-12)8-9-21-14/h3-7,10H,2,8-9,18H2,1H3. The number of hydrogen-bond donors (Lipinski definition) is 1. The predicted molar refractivity (Wildman–Crippen MR) is 81.1 cm³/mol. The van der Waals surface area contributed by atoms with Crippen LogP contribution < -0.4 is 15.2 Å². The second-order valence-electron chi connectivity index (χ2n) is 4.90. The second-order valence-corrected chi connectivity index (χ2v) is 4.90. The Labute approximate surface area is 123 Å². The maximum Gasteiger partial charge on any atom is 0.198 e. The zero-order chi connectivity index (χ0) is 14.8. The van der Waals surface area contributed by atoms with Gasteiger partial charge in [0.2, 0.25) is 0 Å². The topological polar surface area (TPSA) is 61.5 Å². The molecule has 0 radical (unpaired) electrons. The lowest BCUT2D eigenvalue weighted by Gasteiger charge is -2.12. The number of fused-ring (bicyclic) bond motifs is 1. The molecule has 0 spiro atoms. The number of nitrogens with two attached hydrogens (primary N) is 1. The summed E-state index contributed by atoms with van der Waals surface area (Å²) in [6, 6.07) is 10.8.